The molecule has 0 aliphatic heterocycles. The maximum absolute atomic E-state index is 13.1. The highest BCUT2D eigenvalue weighted by Crippen LogP contribution is 2.31. The predicted molar refractivity (Wildman–Crippen MR) is 130 cm³/mol. The summed E-state index contributed by atoms with van der Waals surface area (Å²) >= 11 is 6.14. The van der Waals surface area contributed by atoms with Crippen molar-refractivity contribution in [2.45, 2.75) is 71.0 Å². The van der Waals surface area contributed by atoms with Crippen LogP contribution in [0.5, 0.6) is 0 Å². The number of carbonyl (C=O) groups excluding carboxylic acids is 2. The number of ketones is 1. The van der Waals surface area contributed by atoms with Crippen LogP contribution in [0, 0.1) is 6.92 Å². The molecule has 1 aliphatic carbocycles. The second kappa shape index (κ2) is 10.0. The van der Waals surface area contributed by atoms with Crippen LogP contribution >= 0.6 is 11.6 Å². The smallest absolute Gasteiger partial charge is 0.323 e. The Morgan fingerprint density at radius 2 is 1.91 bits per heavy atom. The first-order valence-corrected chi connectivity index (χ1v) is 12.0. The molecule has 0 atom stereocenters. The van der Waals surface area contributed by atoms with Gasteiger partial charge in [-0.15, -0.1) is 0 Å². The van der Waals surface area contributed by atoms with Crippen LogP contribution in [-0.4, -0.2) is 43.2 Å². The minimum atomic E-state index is -0.981. The summed E-state index contributed by atoms with van der Waals surface area (Å²) in [6, 6.07) is 5.32. The van der Waals surface area contributed by atoms with E-state index in [1.165, 1.54) is 0 Å². The fraction of sp³-hybridized carbons (Fsp3) is 0.440. The lowest BCUT2D eigenvalue weighted by Crippen LogP contribution is -2.38. The van der Waals surface area contributed by atoms with E-state index in [9.17, 15) is 19.5 Å². The molecule has 1 saturated carbocycles. The number of nitrogens with one attached hydrogen (secondary N) is 1. The lowest BCUT2D eigenvalue weighted by Gasteiger charge is -2.30. The summed E-state index contributed by atoms with van der Waals surface area (Å²) in [7, 11) is 0. The molecule has 2 heterocycles. The highest BCUT2D eigenvalue weighted by Gasteiger charge is 2.27. The Kier molecular flexibility index (Phi) is 7.07. The normalized spacial score (nSPS) is 18.2. The van der Waals surface area contributed by atoms with Crippen molar-refractivity contribution in [3.05, 3.63) is 52.4 Å². The van der Waals surface area contributed by atoms with Crippen LogP contribution in [0.15, 0.2) is 30.6 Å². The van der Waals surface area contributed by atoms with E-state index in [0.717, 1.165) is 37.8 Å². The van der Waals surface area contributed by atoms with E-state index >= 15 is 0 Å². The Balaban J connectivity index is 1.44. The molecule has 1 fully saturated rings. The molecule has 0 spiro atoms. The molecule has 2 N–H and O–H groups in total. The number of carbonyl (C=O) groups is 3. The average molecular weight is 485 g/mol. The van der Waals surface area contributed by atoms with Gasteiger partial charge in [-0.1, -0.05) is 18.5 Å². The minimum Gasteiger partial charge on any atom is -0.480 e. The first kappa shape index (κ1) is 24.0. The van der Waals surface area contributed by atoms with E-state index in [-0.39, 0.29) is 30.3 Å². The van der Waals surface area contributed by atoms with Crippen LogP contribution in [-0.2, 0) is 11.3 Å². The predicted octanol–water partition coefficient (Wildman–Crippen LogP) is 4.78. The number of hydrogen-bond acceptors (Lipinski definition) is 4. The van der Waals surface area contributed by atoms with Gasteiger partial charge in [0.25, 0.3) is 5.91 Å². The van der Waals surface area contributed by atoms with Gasteiger partial charge >= 0.3 is 5.97 Å². The second-order valence-corrected chi connectivity index (χ2v) is 9.40. The van der Waals surface area contributed by atoms with E-state index < -0.39 is 5.97 Å². The van der Waals surface area contributed by atoms with Crippen LogP contribution in [0.3, 0.4) is 0 Å². The van der Waals surface area contributed by atoms with E-state index in [0.29, 0.717) is 33.5 Å². The van der Waals surface area contributed by atoms with Crippen molar-refractivity contribution in [3.63, 3.8) is 0 Å². The molecule has 2 aromatic heterocycles. The lowest BCUT2D eigenvalue weighted by molar-refractivity contribution is -0.137. The van der Waals surface area contributed by atoms with Gasteiger partial charge in [0.15, 0.2) is 5.78 Å². The molecule has 4 rings (SSSR count). The number of rotatable bonds is 8. The van der Waals surface area contributed by atoms with Crippen LogP contribution in [0.4, 0.5) is 0 Å². The number of hydrogen-bond donors (Lipinski definition) is 2. The molecule has 0 radical (unpaired) electrons. The average Bonchev–Trinajstić information content (AvgIpc) is 3.34. The number of carboxylic acid groups (broad SMARTS) is 1. The maximum Gasteiger partial charge on any atom is 0.323 e. The molecule has 180 valence electrons. The summed E-state index contributed by atoms with van der Waals surface area (Å²) in [5, 5.41) is 17.9. The Labute approximate surface area is 202 Å². The third kappa shape index (κ3) is 4.87. The summed E-state index contributed by atoms with van der Waals surface area (Å²) in [6.45, 7) is 3.70. The van der Waals surface area contributed by atoms with Crippen molar-refractivity contribution in [2.75, 3.05) is 0 Å². The summed E-state index contributed by atoms with van der Waals surface area (Å²) in [5.41, 5.74) is 2.69. The van der Waals surface area contributed by atoms with Gasteiger partial charge in [0.2, 0.25) is 0 Å². The van der Waals surface area contributed by atoms with E-state index in [1.807, 2.05) is 18.5 Å². The van der Waals surface area contributed by atoms with Crippen molar-refractivity contribution in [2.24, 2.45) is 0 Å². The summed E-state index contributed by atoms with van der Waals surface area (Å²) in [4.78, 5) is 36.7. The molecule has 34 heavy (non-hydrogen) atoms. The summed E-state index contributed by atoms with van der Waals surface area (Å²) in [6.07, 6.45) is 7.89. The Bertz CT molecular complexity index is 1240. The highest BCUT2D eigenvalue weighted by atomic mass is 35.5. The van der Waals surface area contributed by atoms with Gasteiger partial charge in [-0.2, -0.15) is 5.10 Å². The molecule has 0 unspecified atom stereocenters. The number of amides is 1. The monoisotopic (exact) mass is 484 g/mol. The first-order valence-electron chi connectivity index (χ1n) is 11.7. The second-order valence-electron chi connectivity index (χ2n) is 8.97. The summed E-state index contributed by atoms with van der Waals surface area (Å²) in [5.74, 6) is -1.08. The molecule has 9 heteroatoms. The Morgan fingerprint density at radius 3 is 2.59 bits per heavy atom. The number of Topliss-reactive ketones (excluding diaryl/α,β-unsaturated/α-hetero) is 1. The van der Waals surface area contributed by atoms with E-state index in [4.69, 9.17) is 11.6 Å². The standard InChI is InChI=1S/C25H29ClN4O4/c1-3-4-23(31)20-12-27-30(15(20)2)18-8-6-17(7-9-18)28-25(34)21-13-29(14-24(32)33)22-10-5-16(26)11-19(21)22/h5,10-13,17-18H,3-4,6-9,14H2,1-2H3,(H,28,34)(H,32,33). The Hall–Kier alpha value is -3.13. The number of aromatic nitrogens is 3. The molecule has 1 amide bonds. The van der Waals surface area contributed by atoms with Gasteiger partial charge in [0.05, 0.1) is 23.4 Å². The molecule has 0 saturated heterocycles. The highest BCUT2D eigenvalue weighted by molar-refractivity contribution is 6.31. The van der Waals surface area contributed by atoms with Crippen LogP contribution < -0.4 is 5.32 Å². The van der Waals surface area contributed by atoms with Crippen LogP contribution in [0.1, 0.15) is 77.9 Å². The lowest BCUT2D eigenvalue weighted by atomic mass is 9.90. The van der Waals surface area contributed by atoms with Crippen molar-refractivity contribution in [1.29, 1.82) is 0 Å². The third-order valence-electron chi connectivity index (χ3n) is 6.59. The van der Waals surface area contributed by atoms with Crippen LogP contribution in [0.25, 0.3) is 10.9 Å². The van der Waals surface area contributed by atoms with Crippen LogP contribution in [0.2, 0.25) is 5.02 Å². The molecule has 1 aromatic carbocycles. The Morgan fingerprint density at radius 1 is 1.18 bits per heavy atom. The fourth-order valence-electron chi connectivity index (χ4n) is 4.88. The zero-order chi connectivity index (χ0) is 24.4. The first-order chi connectivity index (χ1) is 16.3. The zero-order valence-corrected chi connectivity index (χ0v) is 20.1. The molecular formula is C25H29ClN4O4. The number of aliphatic carboxylic acids is 1. The van der Waals surface area contributed by atoms with Crippen molar-refractivity contribution >= 4 is 40.2 Å². The van der Waals surface area contributed by atoms with E-state index in [1.54, 1.807) is 35.2 Å². The third-order valence-corrected chi connectivity index (χ3v) is 6.83. The van der Waals surface area contributed by atoms with Gasteiger partial charge in [0, 0.05) is 40.3 Å². The summed E-state index contributed by atoms with van der Waals surface area (Å²) < 4.78 is 3.51. The topological polar surface area (TPSA) is 106 Å². The molecule has 1 aliphatic rings. The van der Waals surface area contributed by atoms with Crippen molar-refractivity contribution < 1.29 is 19.5 Å². The molecule has 8 nitrogen and oxygen atoms in total. The number of benzene rings is 1. The minimum absolute atomic E-state index is 0.0119. The number of halogens is 1. The van der Waals surface area contributed by atoms with Crippen molar-refractivity contribution in [3.8, 4) is 0 Å². The zero-order valence-electron chi connectivity index (χ0n) is 19.4. The van der Waals surface area contributed by atoms with Gasteiger partial charge in [-0.25, -0.2) is 0 Å². The molecule has 3 aromatic rings. The van der Waals surface area contributed by atoms with Gasteiger partial charge in [-0.3, -0.25) is 19.1 Å². The van der Waals surface area contributed by atoms with E-state index in [2.05, 4.69) is 10.4 Å². The van der Waals surface area contributed by atoms with Crippen molar-refractivity contribution in [1.82, 2.24) is 19.7 Å². The number of carboxylic acids is 1. The molecular weight excluding hydrogens is 456 g/mol. The maximum atomic E-state index is 13.1. The van der Waals surface area contributed by atoms with Gasteiger partial charge < -0.3 is 15.0 Å². The SMILES string of the molecule is CCCC(=O)c1cnn(C2CCC(NC(=O)c3cn(CC(=O)O)c4ccc(Cl)cc34)CC2)c1C. The van der Waals surface area contributed by atoms with Gasteiger partial charge in [0.1, 0.15) is 6.54 Å². The quantitative estimate of drug-likeness (QED) is 0.447. The number of fused-ring (bicyclic) bond motifs is 1. The molecule has 0 bridgehead atoms. The fourth-order valence-corrected chi connectivity index (χ4v) is 5.05. The number of nitrogens with zero attached hydrogens (tertiary/aromatic N) is 3. The van der Waals surface area contributed by atoms with Gasteiger partial charge in [-0.05, 0) is 57.2 Å². The largest absolute Gasteiger partial charge is 0.480 e.